The van der Waals surface area contributed by atoms with Crippen LogP contribution in [0.4, 0.5) is 0 Å². The molecule has 11 heavy (non-hydrogen) atoms. The van der Waals surface area contributed by atoms with E-state index in [-0.39, 0.29) is 0 Å². The monoisotopic (exact) mass is 156 g/mol. The molecule has 0 saturated heterocycles. The second-order valence-electron chi connectivity index (χ2n) is 2.59. The van der Waals surface area contributed by atoms with Crippen LogP contribution in [0.25, 0.3) is 0 Å². The third-order valence-electron chi connectivity index (χ3n) is 1.87. The molecule has 0 aliphatic carbocycles. The quantitative estimate of drug-likeness (QED) is 0.562. The second kappa shape index (κ2) is 8.02. The zero-order valence-corrected chi connectivity index (χ0v) is 7.08. The van der Waals surface area contributed by atoms with Gasteiger partial charge in [0.05, 0.1) is 0 Å². The number of hydrogen-bond acceptors (Lipinski definition) is 2. The summed E-state index contributed by atoms with van der Waals surface area (Å²) < 4.78 is 8.96. The Morgan fingerprint density at radius 3 is 1.82 bits per heavy atom. The summed E-state index contributed by atoms with van der Waals surface area (Å²) in [5.74, 6) is 0.613. The van der Waals surface area contributed by atoms with Gasteiger partial charge in [-0.05, 0) is 18.8 Å². The zero-order chi connectivity index (χ0) is 8.53. The van der Waals surface area contributed by atoms with E-state index >= 15 is 0 Å². The fourth-order valence-electron chi connectivity index (χ4n) is 1.02. The van der Waals surface area contributed by atoms with Crippen molar-refractivity contribution < 1.29 is 9.47 Å². The minimum Gasteiger partial charge on any atom is -0.373 e. The first-order valence-electron chi connectivity index (χ1n) is 3.98. The van der Waals surface area contributed by atoms with E-state index in [1.54, 1.807) is 0 Å². The van der Waals surface area contributed by atoms with Gasteiger partial charge >= 0.3 is 0 Å². The Balaban J connectivity index is 3.25. The molecule has 0 N–H and O–H groups in total. The van der Waals surface area contributed by atoms with Crippen molar-refractivity contribution in [3.63, 3.8) is 0 Å². The minimum absolute atomic E-state index is 0.613. The van der Waals surface area contributed by atoms with Crippen molar-refractivity contribution in [3.05, 3.63) is 14.2 Å². The van der Waals surface area contributed by atoms with Gasteiger partial charge in [-0.25, -0.2) is 0 Å². The van der Waals surface area contributed by atoms with Crippen LogP contribution in [-0.2, 0) is 9.47 Å². The Labute approximate surface area is 69.9 Å². The van der Waals surface area contributed by atoms with Crippen molar-refractivity contribution >= 4 is 0 Å². The molecule has 2 nitrogen and oxygen atoms in total. The molecule has 0 bridgehead atoms. The van der Waals surface area contributed by atoms with Gasteiger partial charge in [-0.3, -0.25) is 0 Å². The van der Waals surface area contributed by atoms with Crippen LogP contribution in [0.15, 0.2) is 0 Å². The Morgan fingerprint density at radius 1 is 1.09 bits per heavy atom. The highest BCUT2D eigenvalue weighted by Gasteiger charge is 2.04. The Bertz CT molecular complexity index is 66.0. The fourth-order valence-corrected chi connectivity index (χ4v) is 1.02. The van der Waals surface area contributed by atoms with Gasteiger partial charge in [-0.2, -0.15) is 0 Å². The standard InChI is InChI=1S/C9H16O2/c1-4-9(5-7-10-2)6-8-11-3/h2-3,9H,4-8H2,1H3. The normalized spacial score (nSPS) is 10.9. The second-order valence-corrected chi connectivity index (χ2v) is 2.59. The Morgan fingerprint density at radius 2 is 1.55 bits per heavy atom. The molecule has 0 aromatic rings. The van der Waals surface area contributed by atoms with E-state index in [2.05, 4.69) is 16.4 Å². The van der Waals surface area contributed by atoms with E-state index in [9.17, 15) is 0 Å². The third-order valence-corrected chi connectivity index (χ3v) is 1.87. The average Bonchev–Trinajstić information content (AvgIpc) is 2.05. The lowest BCUT2D eigenvalue weighted by atomic mass is 10.00. The summed E-state index contributed by atoms with van der Waals surface area (Å²) in [4.78, 5) is 0. The number of ether oxygens (including phenoxy) is 2. The van der Waals surface area contributed by atoms with Crippen LogP contribution in [0.3, 0.4) is 0 Å². The molecule has 0 saturated carbocycles. The zero-order valence-electron chi connectivity index (χ0n) is 7.08. The lowest BCUT2D eigenvalue weighted by molar-refractivity contribution is 0.178. The lowest BCUT2D eigenvalue weighted by Gasteiger charge is -2.12. The first-order valence-corrected chi connectivity index (χ1v) is 3.98. The highest BCUT2D eigenvalue weighted by Crippen LogP contribution is 2.12. The molecule has 0 fully saturated rings. The van der Waals surface area contributed by atoms with Crippen LogP contribution < -0.4 is 0 Å². The fraction of sp³-hybridized carbons (Fsp3) is 0.778. The third kappa shape index (κ3) is 6.32. The molecule has 0 aromatic carbocycles. The maximum atomic E-state index is 4.90. The molecule has 0 spiro atoms. The van der Waals surface area contributed by atoms with Gasteiger partial charge in [0.1, 0.15) is 14.2 Å². The van der Waals surface area contributed by atoms with Gasteiger partial charge in [-0.15, -0.1) is 0 Å². The van der Waals surface area contributed by atoms with E-state index in [4.69, 9.17) is 14.2 Å². The van der Waals surface area contributed by atoms with Gasteiger partial charge in [0.2, 0.25) is 0 Å². The predicted octanol–water partition coefficient (Wildman–Crippen LogP) is 2.16. The van der Waals surface area contributed by atoms with Crippen molar-refractivity contribution in [2.24, 2.45) is 5.92 Å². The van der Waals surface area contributed by atoms with Crippen LogP contribution in [0.5, 0.6) is 0 Å². The van der Waals surface area contributed by atoms with E-state index in [0.717, 1.165) is 19.3 Å². The number of rotatable bonds is 7. The van der Waals surface area contributed by atoms with Gasteiger partial charge < -0.3 is 9.47 Å². The maximum absolute atomic E-state index is 4.90. The summed E-state index contributed by atoms with van der Waals surface area (Å²) in [6.07, 6.45) is 3.08. The van der Waals surface area contributed by atoms with E-state index in [1.165, 1.54) is 0 Å². The van der Waals surface area contributed by atoms with Crippen LogP contribution in [-0.4, -0.2) is 13.2 Å². The van der Waals surface area contributed by atoms with E-state index < -0.39 is 0 Å². The summed E-state index contributed by atoms with van der Waals surface area (Å²) in [5, 5.41) is 0. The van der Waals surface area contributed by atoms with Gasteiger partial charge in [0.15, 0.2) is 0 Å². The molecular formula is C9H16O2. The van der Waals surface area contributed by atoms with Crippen molar-refractivity contribution in [1.29, 1.82) is 0 Å². The van der Waals surface area contributed by atoms with Crippen LogP contribution in [0.1, 0.15) is 26.2 Å². The molecule has 4 radical (unpaired) electrons. The Hall–Kier alpha value is -0.0800. The molecule has 0 aliphatic rings. The summed E-state index contributed by atoms with van der Waals surface area (Å²) in [5.41, 5.74) is 0. The molecule has 0 aromatic heterocycles. The Kier molecular flexibility index (Phi) is 7.96. The van der Waals surface area contributed by atoms with Crippen LogP contribution >= 0.6 is 0 Å². The van der Waals surface area contributed by atoms with Crippen molar-refractivity contribution in [2.75, 3.05) is 13.2 Å². The largest absolute Gasteiger partial charge is 0.373 e. The van der Waals surface area contributed by atoms with Crippen LogP contribution in [0.2, 0.25) is 0 Å². The van der Waals surface area contributed by atoms with E-state index in [0.29, 0.717) is 19.1 Å². The van der Waals surface area contributed by atoms with Gasteiger partial charge in [0, 0.05) is 13.2 Å². The lowest BCUT2D eigenvalue weighted by Crippen LogP contribution is -2.05. The summed E-state index contributed by atoms with van der Waals surface area (Å²) >= 11 is 0. The SMILES string of the molecule is [CH]OCCC(CC)CCO[CH]. The first kappa shape index (κ1) is 10.9. The molecular weight excluding hydrogens is 140 g/mol. The molecule has 64 valence electrons. The highest BCUT2D eigenvalue weighted by molar-refractivity contribution is 4.56. The van der Waals surface area contributed by atoms with Crippen molar-refractivity contribution in [2.45, 2.75) is 26.2 Å². The van der Waals surface area contributed by atoms with E-state index in [1.807, 2.05) is 0 Å². The smallest absolute Gasteiger partial charge is 0.115 e. The first-order chi connectivity index (χ1) is 5.35. The molecule has 0 heterocycles. The highest BCUT2D eigenvalue weighted by atomic mass is 16.5. The summed E-state index contributed by atoms with van der Waals surface area (Å²) in [6, 6.07) is 0. The molecule has 2 heteroatoms. The molecule has 0 atom stereocenters. The predicted molar refractivity (Wildman–Crippen MR) is 43.5 cm³/mol. The molecule has 0 aliphatic heterocycles. The molecule has 0 rings (SSSR count). The van der Waals surface area contributed by atoms with Gasteiger partial charge in [0.25, 0.3) is 0 Å². The maximum Gasteiger partial charge on any atom is 0.115 e. The molecule has 0 amide bonds. The van der Waals surface area contributed by atoms with Gasteiger partial charge in [-0.1, -0.05) is 13.3 Å². The molecule has 0 unspecified atom stereocenters. The van der Waals surface area contributed by atoms with Crippen molar-refractivity contribution in [1.82, 2.24) is 0 Å². The topological polar surface area (TPSA) is 18.5 Å². The average molecular weight is 156 g/mol. The summed E-state index contributed by atoms with van der Waals surface area (Å²) in [6.45, 7) is 3.36. The summed E-state index contributed by atoms with van der Waals surface area (Å²) in [7, 11) is 9.81. The van der Waals surface area contributed by atoms with Crippen molar-refractivity contribution in [3.8, 4) is 0 Å². The number of hydrogen-bond donors (Lipinski definition) is 0. The minimum atomic E-state index is 0.613. The van der Waals surface area contributed by atoms with Crippen LogP contribution in [0, 0.1) is 20.1 Å².